The van der Waals surface area contributed by atoms with Crippen molar-refractivity contribution >= 4 is 11.9 Å². The van der Waals surface area contributed by atoms with E-state index < -0.39 is 12.1 Å². The summed E-state index contributed by atoms with van der Waals surface area (Å²) in [5.41, 5.74) is 0. The number of aliphatic hydroxyl groups is 2. The SMILES string of the molecule is CCCCCCCCCCCCC/C=C/C(O)C(CO)NC(=O)CCCCCCCCCCCCCCCC/C=C\CCCCCCCCCCCCCCOC(=O)CCCCCCCCCCCCCCC. The molecule has 2 unspecified atom stereocenters. The number of esters is 1. The van der Waals surface area contributed by atoms with Gasteiger partial charge in [-0.05, 0) is 57.8 Å². The Kier molecular flexibility index (Phi) is 61.4. The molecule has 73 heavy (non-hydrogen) atoms. The number of carbonyl (C=O) groups excluding carboxylic acids is 2. The first-order valence-electron chi connectivity index (χ1n) is 33.1. The maximum absolute atomic E-state index is 12.5. The number of allylic oxidation sites excluding steroid dienone is 3. The number of nitrogens with one attached hydrogen (secondary N) is 1. The van der Waals surface area contributed by atoms with Crippen molar-refractivity contribution in [1.29, 1.82) is 0 Å². The monoisotopic (exact) mass is 1030 g/mol. The van der Waals surface area contributed by atoms with Crippen molar-refractivity contribution in [2.75, 3.05) is 13.2 Å². The van der Waals surface area contributed by atoms with E-state index in [9.17, 15) is 19.8 Å². The molecule has 0 aliphatic heterocycles. The standard InChI is InChI=1S/C67H129NO5/c1-3-5-7-9-11-13-15-35-39-43-47-51-55-59-65(70)64(63-69)68-66(71)60-56-52-48-44-40-37-33-31-29-27-25-23-21-19-17-18-20-22-24-26-28-30-32-34-38-42-46-50-54-58-62-73-67(72)61-57-53-49-45-41-36-16-14-12-10-8-6-4-2/h18,20,55,59,64-65,69-70H,3-17,19,21-54,56-58,60-63H2,1-2H3,(H,68,71)/b20-18-,59-55+. The number of hydrogen-bond donors (Lipinski definition) is 3. The zero-order chi connectivity index (χ0) is 52.9. The first kappa shape index (κ1) is 71.3. The van der Waals surface area contributed by atoms with Crippen LogP contribution in [0.2, 0.25) is 0 Å². The van der Waals surface area contributed by atoms with Gasteiger partial charge < -0.3 is 20.3 Å². The molecule has 0 aromatic rings. The molecule has 0 heterocycles. The molecule has 432 valence electrons. The molecule has 0 saturated heterocycles. The summed E-state index contributed by atoms with van der Waals surface area (Å²) < 4.78 is 5.48. The largest absolute Gasteiger partial charge is 0.466 e. The lowest BCUT2D eigenvalue weighted by Crippen LogP contribution is -2.45. The number of rotatable bonds is 62. The second kappa shape index (κ2) is 62.9. The van der Waals surface area contributed by atoms with Crippen LogP contribution in [0.5, 0.6) is 0 Å². The fourth-order valence-electron chi connectivity index (χ4n) is 10.4. The van der Waals surface area contributed by atoms with Crippen LogP contribution in [0.15, 0.2) is 24.3 Å². The molecule has 3 N–H and O–H groups in total. The predicted molar refractivity (Wildman–Crippen MR) is 320 cm³/mol. The van der Waals surface area contributed by atoms with Gasteiger partial charge in [0.05, 0.1) is 25.4 Å². The highest BCUT2D eigenvalue weighted by Crippen LogP contribution is 2.18. The third-order valence-corrected chi connectivity index (χ3v) is 15.5. The number of unbranched alkanes of at least 4 members (excludes halogenated alkanes) is 49. The van der Waals surface area contributed by atoms with Crippen molar-refractivity contribution in [3.8, 4) is 0 Å². The topological polar surface area (TPSA) is 95.9 Å². The van der Waals surface area contributed by atoms with E-state index >= 15 is 0 Å². The Hall–Kier alpha value is -1.66. The molecule has 0 fully saturated rings. The van der Waals surface area contributed by atoms with Crippen LogP contribution in [-0.2, 0) is 14.3 Å². The van der Waals surface area contributed by atoms with Gasteiger partial charge in [-0.3, -0.25) is 9.59 Å². The van der Waals surface area contributed by atoms with E-state index in [4.69, 9.17) is 4.74 Å². The zero-order valence-electron chi connectivity index (χ0n) is 49.4. The Labute approximate surface area is 456 Å². The van der Waals surface area contributed by atoms with Gasteiger partial charge in [-0.15, -0.1) is 0 Å². The van der Waals surface area contributed by atoms with Gasteiger partial charge in [0.15, 0.2) is 0 Å². The smallest absolute Gasteiger partial charge is 0.305 e. The average Bonchev–Trinajstić information content (AvgIpc) is 3.39. The van der Waals surface area contributed by atoms with Crippen LogP contribution in [0.4, 0.5) is 0 Å². The van der Waals surface area contributed by atoms with E-state index in [2.05, 4.69) is 31.3 Å². The number of carbonyl (C=O) groups is 2. The second-order valence-corrected chi connectivity index (χ2v) is 22.8. The highest BCUT2D eigenvalue weighted by molar-refractivity contribution is 5.76. The van der Waals surface area contributed by atoms with Gasteiger partial charge in [0.25, 0.3) is 0 Å². The molecular formula is C67H129NO5. The molecule has 6 heteroatoms. The summed E-state index contributed by atoms with van der Waals surface area (Å²) >= 11 is 0. The van der Waals surface area contributed by atoms with Crippen molar-refractivity contribution < 1.29 is 24.5 Å². The second-order valence-electron chi connectivity index (χ2n) is 22.8. The lowest BCUT2D eigenvalue weighted by atomic mass is 10.0. The molecule has 0 aromatic carbocycles. The number of ether oxygens (including phenoxy) is 1. The van der Waals surface area contributed by atoms with Gasteiger partial charge in [0.1, 0.15) is 0 Å². The highest BCUT2D eigenvalue weighted by Gasteiger charge is 2.18. The summed E-state index contributed by atoms with van der Waals surface area (Å²) in [6.45, 7) is 4.92. The van der Waals surface area contributed by atoms with E-state index in [-0.39, 0.29) is 18.5 Å². The average molecular weight is 1030 g/mol. The van der Waals surface area contributed by atoms with Crippen LogP contribution in [0.25, 0.3) is 0 Å². The molecule has 6 nitrogen and oxygen atoms in total. The minimum atomic E-state index is -0.842. The van der Waals surface area contributed by atoms with E-state index in [1.54, 1.807) is 6.08 Å². The van der Waals surface area contributed by atoms with Gasteiger partial charge in [0, 0.05) is 12.8 Å². The van der Waals surface area contributed by atoms with E-state index in [0.29, 0.717) is 19.4 Å². The van der Waals surface area contributed by atoms with Gasteiger partial charge in [-0.2, -0.15) is 0 Å². The molecule has 0 bridgehead atoms. The van der Waals surface area contributed by atoms with Gasteiger partial charge in [-0.25, -0.2) is 0 Å². The van der Waals surface area contributed by atoms with Crippen LogP contribution in [0, 0.1) is 0 Å². The number of amides is 1. The maximum Gasteiger partial charge on any atom is 0.305 e. The summed E-state index contributed by atoms with van der Waals surface area (Å²) in [5.74, 6) is -0.0465. The van der Waals surface area contributed by atoms with Gasteiger partial charge in [0.2, 0.25) is 5.91 Å². The van der Waals surface area contributed by atoms with E-state index in [1.807, 2.05) is 6.08 Å². The summed E-state index contributed by atoms with van der Waals surface area (Å²) in [6.07, 6.45) is 78.2. The molecule has 2 atom stereocenters. The Morgan fingerprint density at radius 1 is 0.370 bits per heavy atom. The normalized spacial score (nSPS) is 12.7. The molecule has 0 radical (unpaired) electrons. The van der Waals surface area contributed by atoms with Crippen molar-refractivity contribution in [3.05, 3.63) is 24.3 Å². The van der Waals surface area contributed by atoms with Crippen molar-refractivity contribution in [1.82, 2.24) is 5.32 Å². The van der Waals surface area contributed by atoms with E-state index in [0.717, 1.165) is 38.5 Å². The molecule has 0 aliphatic rings. The van der Waals surface area contributed by atoms with Crippen molar-refractivity contribution in [2.45, 2.75) is 379 Å². The number of hydrogen-bond acceptors (Lipinski definition) is 5. The minimum absolute atomic E-state index is 0.0187. The molecule has 0 rings (SSSR count). The molecule has 1 amide bonds. The highest BCUT2D eigenvalue weighted by atomic mass is 16.5. The maximum atomic E-state index is 12.5. The first-order chi connectivity index (χ1) is 36.0. The fraction of sp³-hybridized carbons (Fsp3) is 0.910. The van der Waals surface area contributed by atoms with Crippen LogP contribution in [0.3, 0.4) is 0 Å². The molecule has 0 spiro atoms. The Morgan fingerprint density at radius 2 is 0.644 bits per heavy atom. The Morgan fingerprint density at radius 3 is 0.973 bits per heavy atom. The molecule has 0 aliphatic carbocycles. The third-order valence-electron chi connectivity index (χ3n) is 15.5. The van der Waals surface area contributed by atoms with Crippen molar-refractivity contribution in [2.24, 2.45) is 0 Å². The van der Waals surface area contributed by atoms with Crippen LogP contribution in [0.1, 0.15) is 367 Å². The fourth-order valence-corrected chi connectivity index (χ4v) is 10.4. The summed E-state index contributed by atoms with van der Waals surface area (Å²) in [4.78, 5) is 24.5. The quantitative estimate of drug-likeness (QED) is 0.0320. The van der Waals surface area contributed by atoms with E-state index in [1.165, 1.54) is 302 Å². The summed E-state index contributed by atoms with van der Waals surface area (Å²) in [6, 6.07) is -0.625. The van der Waals surface area contributed by atoms with Crippen LogP contribution < -0.4 is 5.32 Å². The minimum Gasteiger partial charge on any atom is -0.466 e. The lowest BCUT2D eigenvalue weighted by Gasteiger charge is -2.20. The summed E-state index contributed by atoms with van der Waals surface area (Å²) in [5, 5.41) is 23.1. The molecule has 0 saturated carbocycles. The zero-order valence-corrected chi connectivity index (χ0v) is 49.4. The summed E-state index contributed by atoms with van der Waals surface area (Å²) in [7, 11) is 0. The first-order valence-corrected chi connectivity index (χ1v) is 33.1. The Balaban J connectivity index is 3.36. The van der Waals surface area contributed by atoms with Gasteiger partial charge >= 0.3 is 5.97 Å². The van der Waals surface area contributed by atoms with Crippen LogP contribution in [-0.4, -0.2) is 47.4 Å². The van der Waals surface area contributed by atoms with Gasteiger partial charge in [-0.1, -0.05) is 321 Å². The van der Waals surface area contributed by atoms with Crippen molar-refractivity contribution in [3.63, 3.8) is 0 Å². The van der Waals surface area contributed by atoms with Crippen LogP contribution >= 0.6 is 0 Å². The Bertz CT molecular complexity index is 1140. The lowest BCUT2D eigenvalue weighted by molar-refractivity contribution is -0.143. The predicted octanol–water partition coefficient (Wildman–Crippen LogP) is 21.0. The number of aliphatic hydroxyl groups excluding tert-OH is 2. The molecule has 0 aromatic heterocycles. The molecular weight excluding hydrogens is 899 g/mol. The third kappa shape index (κ3) is 59.4.